The van der Waals surface area contributed by atoms with Gasteiger partial charge in [0.05, 0.1) is 5.92 Å². The highest BCUT2D eigenvalue weighted by Crippen LogP contribution is 2.23. The van der Waals surface area contributed by atoms with Gasteiger partial charge in [-0.15, -0.1) is 0 Å². The number of rotatable bonds is 5. The Morgan fingerprint density at radius 2 is 2.14 bits per heavy atom. The van der Waals surface area contributed by atoms with Crippen LogP contribution in [0.4, 0.5) is 0 Å². The monoisotopic (exact) mass is 407 g/mol. The highest BCUT2D eigenvalue weighted by Gasteiger charge is 2.35. The number of pyridine rings is 1. The number of aryl methyl sites for hydroxylation is 1. The third-order valence-electron chi connectivity index (χ3n) is 4.62. The van der Waals surface area contributed by atoms with Gasteiger partial charge in [-0.1, -0.05) is 6.07 Å². The van der Waals surface area contributed by atoms with E-state index in [9.17, 15) is 22.8 Å². The van der Waals surface area contributed by atoms with Crippen molar-refractivity contribution in [2.45, 2.75) is 31.2 Å². The van der Waals surface area contributed by atoms with Crippen LogP contribution in [-0.4, -0.2) is 46.7 Å². The lowest BCUT2D eigenvalue weighted by atomic mass is 9.99. The van der Waals surface area contributed by atoms with Crippen LogP contribution in [0.3, 0.4) is 0 Å². The predicted molar refractivity (Wildman–Crippen MR) is 100.0 cm³/mol. The second-order valence-corrected chi connectivity index (χ2v) is 8.52. The van der Waals surface area contributed by atoms with Gasteiger partial charge in [-0.05, 0) is 31.4 Å². The number of piperidine rings is 1. The fourth-order valence-corrected chi connectivity index (χ4v) is 4.97. The molecule has 1 aliphatic heterocycles. The Bertz CT molecular complexity index is 1080. The Labute approximate surface area is 161 Å². The normalized spacial score (nSPS) is 18.0. The molecular formula is C17H21N5O5S. The summed E-state index contributed by atoms with van der Waals surface area (Å²) < 4.78 is 27.0. The summed E-state index contributed by atoms with van der Waals surface area (Å²) in [5.74, 6) is -0.779. The SMILES string of the molecule is Cc1[nH]c(=O)[nH]c(=O)c1S(=O)(=O)N1CCC[C@@H](C(=O)NCc2cccnc2)C1. The Kier molecular flexibility index (Phi) is 5.75. The summed E-state index contributed by atoms with van der Waals surface area (Å²) in [6.07, 6.45) is 4.31. The zero-order chi connectivity index (χ0) is 20.3. The lowest BCUT2D eigenvalue weighted by Gasteiger charge is -2.31. The molecule has 0 bridgehead atoms. The van der Waals surface area contributed by atoms with Crippen molar-refractivity contribution in [3.8, 4) is 0 Å². The second kappa shape index (κ2) is 8.07. The number of H-pyrrole nitrogens is 2. The molecule has 2 aromatic heterocycles. The van der Waals surface area contributed by atoms with E-state index < -0.39 is 32.1 Å². The summed E-state index contributed by atoms with van der Waals surface area (Å²) in [4.78, 5) is 43.6. The summed E-state index contributed by atoms with van der Waals surface area (Å²) in [5.41, 5.74) is -0.930. The summed E-state index contributed by atoms with van der Waals surface area (Å²) >= 11 is 0. The van der Waals surface area contributed by atoms with E-state index in [1.54, 1.807) is 18.5 Å². The third-order valence-corrected chi connectivity index (χ3v) is 6.64. The van der Waals surface area contributed by atoms with Crippen LogP contribution in [0.25, 0.3) is 0 Å². The molecule has 11 heteroatoms. The first kappa shape index (κ1) is 20.0. The van der Waals surface area contributed by atoms with E-state index in [0.717, 1.165) is 9.87 Å². The molecule has 1 amide bonds. The fraction of sp³-hybridized carbons (Fsp3) is 0.412. The van der Waals surface area contributed by atoms with Crippen molar-refractivity contribution in [1.29, 1.82) is 0 Å². The van der Waals surface area contributed by atoms with E-state index in [1.807, 2.05) is 11.1 Å². The van der Waals surface area contributed by atoms with Crippen molar-refractivity contribution in [1.82, 2.24) is 24.6 Å². The van der Waals surface area contributed by atoms with Crippen molar-refractivity contribution in [2.24, 2.45) is 5.92 Å². The molecule has 3 heterocycles. The molecular weight excluding hydrogens is 386 g/mol. The number of nitrogens with zero attached hydrogens (tertiary/aromatic N) is 2. The van der Waals surface area contributed by atoms with Crippen LogP contribution in [0.5, 0.6) is 0 Å². The molecule has 10 nitrogen and oxygen atoms in total. The first-order valence-corrected chi connectivity index (χ1v) is 10.2. The largest absolute Gasteiger partial charge is 0.352 e. The predicted octanol–water partition coefficient (Wildman–Crippen LogP) is -0.516. The van der Waals surface area contributed by atoms with Gasteiger partial charge in [0.25, 0.3) is 5.56 Å². The molecule has 3 N–H and O–H groups in total. The summed E-state index contributed by atoms with van der Waals surface area (Å²) in [6.45, 7) is 1.83. The molecule has 0 aliphatic carbocycles. The van der Waals surface area contributed by atoms with Crippen LogP contribution in [-0.2, 0) is 21.4 Å². The van der Waals surface area contributed by atoms with Crippen LogP contribution in [0.1, 0.15) is 24.1 Å². The molecule has 3 rings (SSSR count). The van der Waals surface area contributed by atoms with E-state index >= 15 is 0 Å². The van der Waals surface area contributed by atoms with Crippen molar-refractivity contribution in [3.63, 3.8) is 0 Å². The molecule has 1 atom stereocenters. The Hall–Kier alpha value is -2.79. The summed E-state index contributed by atoms with van der Waals surface area (Å²) in [6, 6.07) is 3.59. The quantitative estimate of drug-likeness (QED) is 0.608. The average Bonchev–Trinajstić information content (AvgIpc) is 2.66. The van der Waals surface area contributed by atoms with E-state index in [4.69, 9.17) is 0 Å². The van der Waals surface area contributed by atoms with Crippen molar-refractivity contribution >= 4 is 15.9 Å². The standard InChI is InChI=1S/C17H21N5O5S/c1-11-14(16(24)21-17(25)20-11)28(26,27)22-7-3-5-13(10-22)15(23)19-9-12-4-2-6-18-8-12/h2,4,6,8,13H,3,5,7,9-10H2,1H3,(H,19,23)(H2,20,21,24,25)/t13-/m1/s1. The van der Waals surface area contributed by atoms with Gasteiger partial charge in [0, 0.05) is 37.7 Å². The lowest BCUT2D eigenvalue weighted by Crippen LogP contribution is -2.46. The molecule has 0 aromatic carbocycles. The number of hydrogen-bond acceptors (Lipinski definition) is 6. The maximum atomic E-state index is 12.9. The van der Waals surface area contributed by atoms with Crippen molar-refractivity contribution < 1.29 is 13.2 Å². The topological polar surface area (TPSA) is 145 Å². The molecule has 28 heavy (non-hydrogen) atoms. The number of amides is 1. The number of aromatic nitrogens is 3. The molecule has 0 unspecified atom stereocenters. The number of carbonyl (C=O) groups excluding carboxylic acids is 1. The minimum atomic E-state index is -4.14. The second-order valence-electron chi connectivity index (χ2n) is 6.64. The highest BCUT2D eigenvalue weighted by atomic mass is 32.2. The number of aromatic amines is 2. The highest BCUT2D eigenvalue weighted by molar-refractivity contribution is 7.89. The van der Waals surface area contributed by atoms with Crippen molar-refractivity contribution in [2.75, 3.05) is 13.1 Å². The summed E-state index contributed by atoms with van der Waals surface area (Å²) in [7, 11) is -4.14. The van der Waals surface area contributed by atoms with Crippen LogP contribution >= 0.6 is 0 Å². The molecule has 2 aromatic rings. The molecule has 1 aliphatic rings. The van der Waals surface area contributed by atoms with Gasteiger partial charge >= 0.3 is 5.69 Å². The summed E-state index contributed by atoms with van der Waals surface area (Å²) in [5, 5.41) is 2.79. The van der Waals surface area contributed by atoms with Crippen LogP contribution in [0.2, 0.25) is 0 Å². The Morgan fingerprint density at radius 3 is 2.82 bits per heavy atom. The molecule has 0 saturated carbocycles. The van der Waals surface area contributed by atoms with E-state index in [1.165, 1.54) is 6.92 Å². The minimum Gasteiger partial charge on any atom is -0.352 e. The molecule has 0 radical (unpaired) electrons. The minimum absolute atomic E-state index is 0.0286. The van der Waals surface area contributed by atoms with E-state index in [-0.39, 0.29) is 24.7 Å². The van der Waals surface area contributed by atoms with Gasteiger partial charge in [0.2, 0.25) is 15.9 Å². The van der Waals surface area contributed by atoms with E-state index in [2.05, 4.69) is 15.3 Å². The fourth-order valence-electron chi connectivity index (χ4n) is 3.24. The first-order chi connectivity index (χ1) is 13.3. The maximum Gasteiger partial charge on any atom is 0.325 e. The Morgan fingerprint density at radius 1 is 1.36 bits per heavy atom. The molecule has 0 spiro atoms. The number of carbonyl (C=O) groups is 1. The lowest BCUT2D eigenvalue weighted by molar-refractivity contribution is -0.126. The van der Waals surface area contributed by atoms with Gasteiger partial charge in [-0.2, -0.15) is 4.31 Å². The Balaban J connectivity index is 1.74. The van der Waals surface area contributed by atoms with Gasteiger partial charge in [-0.3, -0.25) is 19.6 Å². The first-order valence-electron chi connectivity index (χ1n) is 8.79. The number of sulfonamides is 1. The average molecular weight is 407 g/mol. The van der Waals surface area contributed by atoms with Gasteiger partial charge in [0.15, 0.2) is 4.90 Å². The zero-order valence-corrected chi connectivity index (χ0v) is 16.1. The number of nitrogens with one attached hydrogen (secondary N) is 3. The maximum absolute atomic E-state index is 12.9. The molecule has 1 saturated heterocycles. The van der Waals surface area contributed by atoms with Gasteiger partial charge in [0.1, 0.15) is 0 Å². The zero-order valence-electron chi connectivity index (χ0n) is 15.3. The van der Waals surface area contributed by atoms with Crippen LogP contribution in [0.15, 0.2) is 39.0 Å². The molecule has 1 fully saturated rings. The van der Waals surface area contributed by atoms with Crippen molar-refractivity contribution in [3.05, 3.63) is 56.6 Å². The smallest absolute Gasteiger partial charge is 0.325 e. The van der Waals surface area contributed by atoms with Gasteiger partial charge < -0.3 is 10.3 Å². The number of hydrogen-bond donors (Lipinski definition) is 3. The van der Waals surface area contributed by atoms with Crippen LogP contribution in [0, 0.1) is 12.8 Å². The van der Waals surface area contributed by atoms with E-state index in [0.29, 0.717) is 19.4 Å². The molecule has 150 valence electrons. The van der Waals surface area contributed by atoms with Crippen LogP contribution < -0.4 is 16.6 Å². The van der Waals surface area contributed by atoms with Gasteiger partial charge in [-0.25, -0.2) is 13.2 Å². The third kappa shape index (κ3) is 4.20.